The van der Waals surface area contributed by atoms with Gasteiger partial charge in [-0.15, -0.1) is 0 Å². The van der Waals surface area contributed by atoms with Gasteiger partial charge in [0.15, 0.2) is 0 Å². The molecule has 4 nitrogen and oxygen atoms in total. The van der Waals surface area contributed by atoms with Crippen molar-refractivity contribution in [1.29, 1.82) is 5.26 Å². The van der Waals surface area contributed by atoms with Gasteiger partial charge >= 0.3 is 0 Å². The number of anilines is 1. The van der Waals surface area contributed by atoms with Crippen molar-refractivity contribution in [3.63, 3.8) is 0 Å². The maximum Gasteiger partial charge on any atom is 0.263 e. The predicted octanol–water partition coefficient (Wildman–Crippen LogP) is 4.43. The summed E-state index contributed by atoms with van der Waals surface area (Å²) in [4.78, 5) is -0.116. The van der Waals surface area contributed by atoms with Gasteiger partial charge in [-0.25, -0.2) is 8.42 Å². The molecule has 1 N–H and O–H groups in total. The number of nitrogens with one attached hydrogen (secondary N) is 1. The maximum atomic E-state index is 12.3. The highest BCUT2D eigenvalue weighted by Gasteiger charge is 2.19. The topological polar surface area (TPSA) is 70.0 Å². The standard InChI is InChI=1S/C13H7BrCl2N2O2S/c14-10-3-2-9(15)6-12(10)18-21(19,20)13-4-1-8(7-17)5-11(13)16/h1-6,18H. The smallest absolute Gasteiger partial charge is 0.263 e. The molecule has 21 heavy (non-hydrogen) atoms. The second-order valence-corrected chi connectivity index (χ2v) is 7.34. The van der Waals surface area contributed by atoms with Crippen molar-refractivity contribution in [2.24, 2.45) is 0 Å². The van der Waals surface area contributed by atoms with Crippen LogP contribution in [-0.4, -0.2) is 8.42 Å². The Hall–Kier alpha value is -1.26. The Labute approximate surface area is 140 Å². The zero-order valence-corrected chi connectivity index (χ0v) is 14.2. The van der Waals surface area contributed by atoms with Crippen molar-refractivity contribution in [2.45, 2.75) is 4.90 Å². The fourth-order valence-electron chi connectivity index (χ4n) is 1.56. The molecular weight excluding hydrogens is 399 g/mol. The van der Waals surface area contributed by atoms with Gasteiger partial charge in [0, 0.05) is 9.50 Å². The van der Waals surface area contributed by atoms with Crippen LogP contribution in [0.5, 0.6) is 0 Å². The molecule has 0 aliphatic rings. The van der Waals surface area contributed by atoms with Crippen LogP contribution < -0.4 is 4.72 Å². The summed E-state index contributed by atoms with van der Waals surface area (Å²) in [5.41, 5.74) is 0.575. The van der Waals surface area contributed by atoms with Crippen LogP contribution in [0.25, 0.3) is 0 Å². The van der Waals surface area contributed by atoms with Crippen molar-refractivity contribution in [3.8, 4) is 6.07 Å². The first-order valence-electron chi connectivity index (χ1n) is 5.51. The van der Waals surface area contributed by atoms with E-state index in [-0.39, 0.29) is 15.5 Å². The van der Waals surface area contributed by atoms with Gasteiger partial charge in [-0.3, -0.25) is 4.72 Å². The van der Waals surface area contributed by atoms with Crippen LogP contribution in [0.15, 0.2) is 45.8 Å². The van der Waals surface area contributed by atoms with E-state index in [1.165, 1.54) is 24.3 Å². The van der Waals surface area contributed by atoms with Crippen LogP contribution in [0.4, 0.5) is 5.69 Å². The van der Waals surface area contributed by atoms with Crippen LogP contribution in [-0.2, 0) is 10.0 Å². The van der Waals surface area contributed by atoms with Gasteiger partial charge in [0.25, 0.3) is 10.0 Å². The van der Waals surface area contributed by atoms with Crippen molar-refractivity contribution in [1.82, 2.24) is 0 Å². The summed E-state index contributed by atoms with van der Waals surface area (Å²) in [6.45, 7) is 0. The Kier molecular flexibility index (Phi) is 4.79. The van der Waals surface area contributed by atoms with Gasteiger partial charge < -0.3 is 0 Å². The molecule has 0 saturated heterocycles. The highest BCUT2D eigenvalue weighted by molar-refractivity contribution is 9.10. The largest absolute Gasteiger partial charge is 0.278 e. The fraction of sp³-hybridized carbons (Fsp3) is 0. The van der Waals surface area contributed by atoms with Gasteiger partial charge in [0.1, 0.15) is 4.90 Å². The second-order valence-electron chi connectivity index (χ2n) is 3.99. The fourth-order valence-corrected chi connectivity index (χ4v) is 3.83. The summed E-state index contributed by atoms with van der Waals surface area (Å²) in [5.74, 6) is 0. The van der Waals surface area contributed by atoms with E-state index < -0.39 is 10.0 Å². The minimum Gasteiger partial charge on any atom is -0.278 e. The number of halogens is 3. The highest BCUT2D eigenvalue weighted by Crippen LogP contribution is 2.30. The van der Waals surface area contributed by atoms with Crippen molar-refractivity contribution < 1.29 is 8.42 Å². The lowest BCUT2D eigenvalue weighted by Gasteiger charge is -2.11. The maximum absolute atomic E-state index is 12.3. The zero-order chi connectivity index (χ0) is 15.6. The average molecular weight is 406 g/mol. The third kappa shape index (κ3) is 3.69. The molecule has 108 valence electrons. The summed E-state index contributed by atoms with van der Waals surface area (Å²) < 4.78 is 27.6. The molecule has 0 heterocycles. The van der Waals surface area contributed by atoms with Crippen LogP contribution in [0, 0.1) is 11.3 Å². The summed E-state index contributed by atoms with van der Waals surface area (Å²) in [6.07, 6.45) is 0. The van der Waals surface area contributed by atoms with E-state index >= 15 is 0 Å². The zero-order valence-electron chi connectivity index (χ0n) is 10.3. The van der Waals surface area contributed by atoms with E-state index in [0.717, 1.165) is 0 Å². The molecule has 0 aliphatic heterocycles. The summed E-state index contributed by atoms with van der Waals surface area (Å²) in [6, 6.07) is 10.6. The second kappa shape index (κ2) is 6.24. The number of nitriles is 1. The van der Waals surface area contributed by atoms with Crippen molar-refractivity contribution in [3.05, 3.63) is 56.5 Å². The lowest BCUT2D eigenvalue weighted by molar-refractivity contribution is 0.601. The molecule has 0 aromatic heterocycles. The van der Waals surface area contributed by atoms with Crippen LogP contribution in [0.1, 0.15) is 5.56 Å². The Morgan fingerprint density at radius 3 is 2.48 bits per heavy atom. The molecule has 0 amide bonds. The molecule has 0 bridgehead atoms. The van der Waals surface area contributed by atoms with E-state index in [0.29, 0.717) is 15.2 Å². The Morgan fingerprint density at radius 1 is 1.14 bits per heavy atom. The van der Waals surface area contributed by atoms with Gasteiger partial charge in [0.05, 0.1) is 22.3 Å². The molecule has 0 fully saturated rings. The number of hydrogen-bond acceptors (Lipinski definition) is 3. The Bertz CT molecular complexity index is 848. The van der Waals surface area contributed by atoms with Crippen molar-refractivity contribution in [2.75, 3.05) is 4.72 Å². The molecule has 0 unspecified atom stereocenters. The molecule has 8 heteroatoms. The summed E-state index contributed by atoms with van der Waals surface area (Å²) >= 11 is 15.0. The molecule has 2 aromatic rings. The van der Waals surface area contributed by atoms with E-state index in [9.17, 15) is 8.42 Å². The summed E-state index contributed by atoms with van der Waals surface area (Å²) in [7, 11) is -3.89. The van der Waals surface area contributed by atoms with Crippen LogP contribution in [0.3, 0.4) is 0 Å². The van der Waals surface area contributed by atoms with Crippen LogP contribution in [0.2, 0.25) is 10.0 Å². The third-order valence-corrected chi connectivity index (χ3v) is 5.30. The lowest BCUT2D eigenvalue weighted by Crippen LogP contribution is -2.14. The molecule has 2 rings (SSSR count). The molecule has 0 atom stereocenters. The van der Waals surface area contributed by atoms with Gasteiger partial charge in [-0.1, -0.05) is 23.2 Å². The Balaban J connectivity index is 2.44. The minimum atomic E-state index is -3.89. The van der Waals surface area contributed by atoms with Gasteiger partial charge in [-0.05, 0) is 52.3 Å². The van der Waals surface area contributed by atoms with E-state index in [1.807, 2.05) is 6.07 Å². The summed E-state index contributed by atoms with van der Waals surface area (Å²) in [5, 5.41) is 9.13. The first kappa shape index (κ1) is 16.1. The van der Waals surface area contributed by atoms with Crippen LogP contribution >= 0.6 is 39.1 Å². The van der Waals surface area contributed by atoms with Crippen molar-refractivity contribution >= 4 is 54.8 Å². The average Bonchev–Trinajstić information content (AvgIpc) is 2.42. The normalized spacial score (nSPS) is 11.0. The molecule has 2 aromatic carbocycles. The van der Waals surface area contributed by atoms with E-state index in [1.54, 1.807) is 12.1 Å². The highest BCUT2D eigenvalue weighted by atomic mass is 79.9. The minimum absolute atomic E-state index is 0.0281. The number of hydrogen-bond donors (Lipinski definition) is 1. The van der Waals surface area contributed by atoms with Gasteiger partial charge in [0.2, 0.25) is 0 Å². The monoisotopic (exact) mass is 404 g/mol. The number of benzene rings is 2. The number of nitrogens with zero attached hydrogens (tertiary/aromatic N) is 1. The molecule has 0 radical (unpaired) electrons. The quantitative estimate of drug-likeness (QED) is 0.820. The molecule has 0 aliphatic carbocycles. The van der Waals surface area contributed by atoms with E-state index in [4.69, 9.17) is 28.5 Å². The SMILES string of the molecule is N#Cc1ccc(S(=O)(=O)Nc2cc(Cl)ccc2Br)c(Cl)c1. The molecule has 0 spiro atoms. The molecule has 0 saturated carbocycles. The molecular formula is C13H7BrCl2N2O2S. The number of rotatable bonds is 3. The third-order valence-electron chi connectivity index (χ3n) is 2.52. The number of sulfonamides is 1. The Morgan fingerprint density at radius 2 is 1.86 bits per heavy atom. The van der Waals surface area contributed by atoms with Gasteiger partial charge in [-0.2, -0.15) is 5.26 Å². The van der Waals surface area contributed by atoms with E-state index in [2.05, 4.69) is 20.7 Å². The predicted molar refractivity (Wildman–Crippen MR) is 86.1 cm³/mol. The first-order valence-corrected chi connectivity index (χ1v) is 8.54. The first-order chi connectivity index (χ1) is 9.83. The lowest BCUT2D eigenvalue weighted by atomic mass is 10.2.